The number of benzene rings is 2. The fraction of sp³-hybridized carbons (Fsp3) is 0. The minimum atomic E-state index is -0.288. The Kier molecular flexibility index (Phi) is 4.13. The molecule has 0 spiro atoms. The van der Waals surface area contributed by atoms with E-state index >= 15 is 0 Å². The lowest BCUT2D eigenvalue weighted by Crippen LogP contribution is -2.17. The maximum atomic E-state index is 12.2. The van der Waals surface area contributed by atoms with Gasteiger partial charge in [0.2, 0.25) is 0 Å². The van der Waals surface area contributed by atoms with Crippen LogP contribution in [0.25, 0.3) is 10.9 Å². The van der Waals surface area contributed by atoms with Gasteiger partial charge in [0.05, 0.1) is 27.3 Å². The SMILES string of the molecule is O=C(N/N=C\c1ccc(Cl)c(Cl)c1)c1cccc2cc[nH]c12. The predicted octanol–water partition coefficient (Wildman–Crippen LogP) is 4.24. The summed E-state index contributed by atoms with van der Waals surface area (Å²) in [5, 5.41) is 5.82. The van der Waals surface area contributed by atoms with Gasteiger partial charge in [-0.15, -0.1) is 0 Å². The van der Waals surface area contributed by atoms with Gasteiger partial charge in [-0.3, -0.25) is 4.79 Å². The van der Waals surface area contributed by atoms with Crippen LogP contribution in [0.5, 0.6) is 0 Å². The molecule has 1 amide bonds. The van der Waals surface area contributed by atoms with E-state index in [-0.39, 0.29) is 5.91 Å². The van der Waals surface area contributed by atoms with Crippen LogP contribution in [0.2, 0.25) is 10.0 Å². The Morgan fingerprint density at radius 3 is 2.82 bits per heavy atom. The van der Waals surface area contributed by atoms with Crippen molar-refractivity contribution in [2.75, 3.05) is 0 Å². The first-order valence-electron chi connectivity index (χ1n) is 6.50. The number of aromatic nitrogens is 1. The molecular formula is C16H11Cl2N3O. The molecule has 0 bridgehead atoms. The van der Waals surface area contributed by atoms with Gasteiger partial charge in [-0.1, -0.05) is 41.4 Å². The molecule has 0 fully saturated rings. The van der Waals surface area contributed by atoms with E-state index in [2.05, 4.69) is 15.5 Å². The molecule has 0 aliphatic carbocycles. The van der Waals surface area contributed by atoms with Crippen LogP contribution in [0.1, 0.15) is 15.9 Å². The lowest BCUT2D eigenvalue weighted by atomic mass is 10.1. The first kappa shape index (κ1) is 14.6. The number of para-hydroxylation sites is 1. The van der Waals surface area contributed by atoms with Crippen LogP contribution in [-0.2, 0) is 0 Å². The van der Waals surface area contributed by atoms with Crippen LogP contribution in [0.15, 0.2) is 53.8 Å². The van der Waals surface area contributed by atoms with E-state index in [4.69, 9.17) is 23.2 Å². The number of carbonyl (C=O) groups excluding carboxylic acids is 1. The zero-order chi connectivity index (χ0) is 15.5. The van der Waals surface area contributed by atoms with Gasteiger partial charge in [0.15, 0.2) is 0 Å². The average Bonchev–Trinajstić information content (AvgIpc) is 2.99. The summed E-state index contributed by atoms with van der Waals surface area (Å²) >= 11 is 11.8. The van der Waals surface area contributed by atoms with Crippen molar-refractivity contribution in [3.8, 4) is 0 Å². The van der Waals surface area contributed by atoms with Crippen molar-refractivity contribution in [2.45, 2.75) is 0 Å². The first-order chi connectivity index (χ1) is 10.6. The molecule has 0 radical (unpaired) electrons. The van der Waals surface area contributed by atoms with E-state index in [1.807, 2.05) is 18.2 Å². The Balaban J connectivity index is 1.76. The molecule has 0 unspecified atom stereocenters. The molecule has 1 heterocycles. The Morgan fingerprint density at radius 2 is 2.00 bits per heavy atom. The van der Waals surface area contributed by atoms with Crippen molar-refractivity contribution in [3.63, 3.8) is 0 Å². The molecule has 4 nitrogen and oxygen atoms in total. The van der Waals surface area contributed by atoms with Crippen LogP contribution < -0.4 is 5.43 Å². The highest BCUT2D eigenvalue weighted by Gasteiger charge is 2.09. The molecule has 0 atom stereocenters. The van der Waals surface area contributed by atoms with E-state index in [0.717, 1.165) is 16.5 Å². The lowest BCUT2D eigenvalue weighted by molar-refractivity contribution is 0.0956. The van der Waals surface area contributed by atoms with Crippen molar-refractivity contribution in [1.29, 1.82) is 0 Å². The second-order valence-electron chi connectivity index (χ2n) is 4.62. The van der Waals surface area contributed by atoms with Crippen LogP contribution in [-0.4, -0.2) is 17.1 Å². The first-order valence-corrected chi connectivity index (χ1v) is 7.25. The van der Waals surface area contributed by atoms with Crippen LogP contribution in [0.3, 0.4) is 0 Å². The molecule has 2 aromatic carbocycles. The molecule has 3 aromatic rings. The molecule has 2 N–H and O–H groups in total. The van der Waals surface area contributed by atoms with Crippen LogP contribution >= 0.6 is 23.2 Å². The number of aromatic amines is 1. The summed E-state index contributed by atoms with van der Waals surface area (Å²) in [6, 6.07) is 12.5. The number of hydrogen-bond acceptors (Lipinski definition) is 2. The van der Waals surface area contributed by atoms with E-state index in [1.165, 1.54) is 6.21 Å². The van der Waals surface area contributed by atoms with Crippen molar-refractivity contribution in [2.24, 2.45) is 5.10 Å². The Hall–Kier alpha value is -2.30. The van der Waals surface area contributed by atoms with Crippen LogP contribution in [0.4, 0.5) is 0 Å². The number of hydrogen-bond donors (Lipinski definition) is 2. The number of hydrazone groups is 1. The summed E-state index contributed by atoms with van der Waals surface area (Å²) in [6.45, 7) is 0. The van der Waals surface area contributed by atoms with Gasteiger partial charge < -0.3 is 4.98 Å². The number of rotatable bonds is 3. The third-order valence-electron chi connectivity index (χ3n) is 3.16. The summed E-state index contributed by atoms with van der Waals surface area (Å²) < 4.78 is 0. The summed E-state index contributed by atoms with van der Waals surface area (Å²) in [7, 11) is 0. The van der Waals surface area contributed by atoms with Crippen molar-refractivity contribution >= 4 is 46.2 Å². The van der Waals surface area contributed by atoms with Gasteiger partial charge in [-0.25, -0.2) is 5.43 Å². The Bertz CT molecular complexity index is 871. The normalized spacial score (nSPS) is 11.2. The Labute approximate surface area is 136 Å². The molecule has 1 aromatic heterocycles. The minimum Gasteiger partial charge on any atom is -0.361 e. The van der Waals surface area contributed by atoms with Gasteiger partial charge in [0.25, 0.3) is 5.91 Å². The molecule has 0 aliphatic heterocycles. The number of fused-ring (bicyclic) bond motifs is 1. The lowest BCUT2D eigenvalue weighted by Gasteiger charge is -2.02. The number of carbonyl (C=O) groups is 1. The van der Waals surface area contributed by atoms with Crippen molar-refractivity contribution in [3.05, 3.63) is 69.8 Å². The molecule has 3 rings (SSSR count). The minimum absolute atomic E-state index is 0.288. The number of nitrogens with zero attached hydrogens (tertiary/aromatic N) is 1. The maximum absolute atomic E-state index is 12.2. The smallest absolute Gasteiger partial charge is 0.273 e. The third-order valence-corrected chi connectivity index (χ3v) is 3.89. The quantitative estimate of drug-likeness (QED) is 0.547. The largest absolute Gasteiger partial charge is 0.361 e. The molecule has 0 saturated heterocycles. The van der Waals surface area contributed by atoms with Crippen molar-refractivity contribution < 1.29 is 4.79 Å². The summed E-state index contributed by atoms with van der Waals surface area (Å²) in [5.41, 5.74) is 4.56. The zero-order valence-electron chi connectivity index (χ0n) is 11.3. The highest BCUT2D eigenvalue weighted by atomic mass is 35.5. The number of halogens is 2. The Morgan fingerprint density at radius 1 is 1.14 bits per heavy atom. The van der Waals surface area contributed by atoms with E-state index in [1.54, 1.807) is 30.5 Å². The van der Waals surface area contributed by atoms with E-state index in [9.17, 15) is 4.79 Å². The van der Waals surface area contributed by atoms with Gasteiger partial charge in [0, 0.05) is 11.6 Å². The average molecular weight is 332 g/mol. The summed E-state index contributed by atoms with van der Waals surface area (Å²) in [5.74, 6) is -0.288. The third kappa shape index (κ3) is 2.98. The maximum Gasteiger partial charge on any atom is 0.273 e. The standard InChI is InChI=1S/C16H11Cl2N3O/c17-13-5-4-10(8-14(13)18)9-20-21-16(22)12-3-1-2-11-6-7-19-15(11)12/h1-9,19H,(H,21,22)/b20-9-. The summed E-state index contributed by atoms with van der Waals surface area (Å²) in [6.07, 6.45) is 3.30. The fourth-order valence-corrected chi connectivity index (χ4v) is 2.40. The molecule has 0 saturated carbocycles. The van der Waals surface area contributed by atoms with Crippen LogP contribution in [0, 0.1) is 0 Å². The van der Waals surface area contributed by atoms with Gasteiger partial charge in [-0.05, 0) is 29.8 Å². The highest BCUT2D eigenvalue weighted by molar-refractivity contribution is 6.42. The van der Waals surface area contributed by atoms with Gasteiger partial charge in [0.1, 0.15) is 0 Å². The number of nitrogens with one attached hydrogen (secondary N) is 2. The second-order valence-corrected chi connectivity index (χ2v) is 5.43. The summed E-state index contributed by atoms with van der Waals surface area (Å²) in [4.78, 5) is 15.2. The predicted molar refractivity (Wildman–Crippen MR) is 89.8 cm³/mol. The molecule has 110 valence electrons. The topological polar surface area (TPSA) is 57.2 Å². The zero-order valence-corrected chi connectivity index (χ0v) is 12.8. The van der Waals surface area contributed by atoms with Gasteiger partial charge >= 0.3 is 0 Å². The monoisotopic (exact) mass is 331 g/mol. The highest BCUT2D eigenvalue weighted by Crippen LogP contribution is 2.21. The second kappa shape index (κ2) is 6.22. The van der Waals surface area contributed by atoms with Crippen molar-refractivity contribution in [1.82, 2.24) is 10.4 Å². The fourth-order valence-electron chi connectivity index (χ4n) is 2.09. The molecular weight excluding hydrogens is 321 g/mol. The number of H-pyrrole nitrogens is 1. The molecule has 22 heavy (non-hydrogen) atoms. The molecule has 6 heteroatoms. The van der Waals surface area contributed by atoms with E-state index < -0.39 is 0 Å². The molecule has 0 aliphatic rings. The van der Waals surface area contributed by atoms with Gasteiger partial charge in [-0.2, -0.15) is 5.10 Å². The van der Waals surface area contributed by atoms with E-state index in [0.29, 0.717) is 15.6 Å². The number of amides is 1.